The fourth-order valence-corrected chi connectivity index (χ4v) is 2.67. The van der Waals surface area contributed by atoms with E-state index in [1.807, 2.05) is 12.1 Å². The predicted molar refractivity (Wildman–Crippen MR) is 76.6 cm³/mol. The fraction of sp³-hybridized carbons (Fsp3) is 0.600. The van der Waals surface area contributed by atoms with Gasteiger partial charge in [-0.15, -0.1) is 0 Å². The van der Waals surface area contributed by atoms with Crippen molar-refractivity contribution in [3.63, 3.8) is 0 Å². The first-order valence-electron chi connectivity index (χ1n) is 6.99. The summed E-state index contributed by atoms with van der Waals surface area (Å²) in [6, 6.07) is 6.09. The van der Waals surface area contributed by atoms with E-state index in [1.165, 1.54) is 5.56 Å². The van der Waals surface area contributed by atoms with E-state index in [2.05, 4.69) is 31.7 Å². The molecule has 4 heteroatoms. The van der Waals surface area contributed by atoms with Gasteiger partial charge in [0, 0.05) is 6.42 Å². The number of nitrogens with two attached hydrogens (primary N) is 1. The molecule has 0 aliphatic carbocycles. The second kappa shape index (κ2) is 5.80. The van der Waals surface area contributed by atoms with E-state index in [4.69, 9.17) is 15.2 Å². The molecule has 0 saturated heterocycles. The van der Waals surface area contributed by atoms with Crippen LogP contribution in [-0.4, -0.2) is 36.9 Å². The molecule has 106 valence electrons. The molecular weight excluding hydrogens is 240 g/mol. The van der Waals surface area contributed by atoms with Crippen molar-refractivity contribution in [1.82, 2.24) is 4.90 Å². The zero-order valence-corrected chi connectivity index (χ0v) is 12.1. The number of benzene rings is 1. The van der Waals surface area contributed by atoms with Gasteiger partial charge in [-0.05, 0) is 37.7 Å². The van der Waals surface area contributed by atoms with Gasteiger partial charge in [-0.1, -0.05) is 19.9 Å². The van der Waals surface area contributed by atoms with E-state index < -0.39 is 0 Å². The van der Waals surface area contributed by atoms with Crippen molar-refractivity contribution in [2.24, 2.45) is 5.73 Å². The molecule has 2 rings (SSSR count). The maximum atomic E-state index is 6.44. The molecule has 2 N–H and O–H groups in total. The normalized spacial score (nSPS) is 17.3. The highest BCUT2D eigenvalue weighted by Gasteiger charge is 2.26. The second-order valence-corrected chi connectivity index (χ2v) is 5.18. The summed E-state index contributed by atoms with van der Waals surface area (Å²) in [7, 11) is 0. The zero-order chi connectivity index (χ0) is 13.9. The molecule has 19 heavy (non-hydrogen) atoms. The summed E-state index contributed by atoms with van der Waals surface area (Å²) in [4.78, 5) is 2.27. The van der Waals surface area contributed by atoms with E-state index in [9.17, 15) is 0 Å². The standard InChI is InChI=1S/C15H24N2O2/c1-4-17(5-2)15(3,16)11-12-6-7-13-14(10-12)19-9-8-18-13/h6-7,10H,4-5,8-9,11,16H2,1-3H3. The van der Waals surface area contributed by atoms with Crippen molar-refractivity contribution in [2.45, 2.75) is 32.9 Å². The summed E-state index contributed by atoms with van der Waals surface area (Å²) in [6.45, 7) is 9.50. The number of fused-ring (bicyclic) bond motifs is 1. The Balaban J connectivity index is 2.14. The van der Waals surface area contributed by atoms with Crippen molar-refractivity contribution >= 4 is 0 Å². The molecule has 0 spiro atoms. The van der Waals surface area contributed by atoms with Crippen LogP contribution in [-0.2, 0) is 6.42 Å². The number of hydrogen-bond acceptors (Lipinski definition) is 4. The third-order valence-corrected chi connectivity index (χ3v) is 3.65. The van der Waals surface area contributed by atoms with Crippen molar-refractivity contribution in [2.75, 3.05) is 26.3 Å². The van der Waals surface area contributed by atoms with Crippen molar-refractivity contribution < 1.29 is 9.47 Å². The lowest BCUT2D eigenvalue weighted by Crippen LogP contribution is -2.55. The van der Waals surface area contributed by atoms with Gasteiger partial charge in [0.25, 0.3) is 0 Å². The van der Waals surface area contributed by atoms with Gasteiger partial charge in [-0.2, -0.15) is 0 Å². The third kappa shape index (κ3) is 3.19. The van der Waals surface area contributed by atoms with Crippen LogP contribution >= 0.6 is 0 Å². The van der Waals surface area contributed by atoms with Gasteiger partial charge in [-0.25, -0.2) is 0 Å². The monoisotopic (exact) mass is 264 g/mol. The van der Waals surface area contributed by atoms with E-state index in [0.29, 0.717) is 13.2 Å². The number of ether oxygens (including phenoxy) is 2. The largest absolute Gasteiger partial charge is 0.486 e. The van der Waals surface area contributed by atoms with Gasteiger partial charge in [0.2, 0.25) is 0 Å². The van der Waals surface area contributed by atoms with Crippen LogP contribution in [0.5, 0.6) is 11.5 Å². The van der Waals surface area contributed by atoms with Crippen LogP contribution in [0.1, 0.15) is 26.3 Å². The van der Waals surface area contributed by atoms with Crippen LogP contribution in [0.3, 0.4) is 0 Å². The molecule has 1 unspecified atom stereocenters. The Labute approximate surface area is 115 Å². The highest BCUT2D eigenvalue weighted by atomic mass is 16.6. The van der Waals surface area contributed by atoms with Gasteiger partial charge < -0.3 is 15.2 Å². The van der Waals surface area contributed by atoms with E-state index >= 15 is 0 Å². The fourth-order valence-electron chi connectivity index (χ4n) is 2.67. The smallest absolute Gasteiger partial charge is 0.161 e. The SMILES string of the molecule is CCN(CC)C(C)(N)Cc1ccc2c(c1)OCCO2. The van der Waals surface area contributed by atoms with Crippen molar-refractivity contribution in [3.05, 3.63) is 23.8 Å². The molecule has 0 aromatic heterocycles. The third-order valence-electron chi connectivity index (χ3n) is 3.65. The maximum absolute atomic E-state index is 6.44. The minimum atomic E-state index is -0.340. The summed E-state index contributed by atoms with van der Waals surface area (Å²) < 4.78 is 11.1. The Bertz CT molecular complexity index is 428. The molecule has 1 aliphatic heterocycles. The topological polar surface area (TPSA) is 47.7 Å². The first kappa shape index (κ1) is 14.2. The second-order valence-electron chi connectivity index (χ2n) is 5.18. The minimum absolute atomic E-state index is 0.340. The van der Waals surface area contributed by atoms with Gasteiger partial charge in [-0.3, -0.25) is 4.90 Å². The molecule has 0 bridgehead atoms. The van der Waals surface area contributed by atoms with E-state index in [0.717, 1.165) is 31.0 Å². The van der Waals surface area contributed by atoms with Crippen molar-refractivity contribution in [3.8, 4) is 11.5 Å². The number of hydrogen-bond donors (Lipinski definition) is 1. The minimum Gasteiger partial charge on any atom is -0.486 e. The van der Waals surface area contributed by atoms with E-state index in [1.54, 1.807) is 0 Å². The predicted octanol–water partition coefficient (Wildman–Crippen LogP) is 2.02. The van der Waals surface area contributed by atoms with Crippen LogP contribution in [0.15, 0.2) is 18.2 Å². The number of nitrogens with zero attached hydrogens (tertiary/aromatic N) is 1. The summed E-state index contributed by atoms with van der Waals surface area (Å²) in [5.74, 6) is 1.66. The van der Waals surface area contributed by atoms with Crippen LogP contribution in [0.25, 0.3) is 0 Å². The zero-order valence-electron chi connectivity index (χ0n) is 12.1. The lowest BCUT2D eigenvalue weighted by Gasteiger charge is -2.37. The lowest BCUT2D eigenvalue weighted by molar-refractivity contribution is 0.122. The molecule has 1 aromatic carbocycles. The first-order chi connectivity index (χ1) is 9.06. The Morgan fingerprint density at radius 3 is 2.42 bits per heavy atom. The molecule has 1 aromatic rings. The number of likely N-dealkylation sites (N-methyl/N-ethyl adjacent to an activating group) is 1. The molecule has 1 aliphatic rings. The van der Waals surface area contributed by atoms with Gasteiger partial charge in [0.05, 0.1) is 5.66 Å². The summed E-state index contributed by atoms with van der Waals surface area (Å²) in [5.41, 5.74) is 7.29. The molecule has 0 fully saturated rings. The maximum Gasteiger partial charge on any atom is 0.161 e. The van der Waals surface area contributed by atoms with E-state index in [-0.39, 0.29) is 5.66 Å². The van der Waals surface area contributed by atoms with Gasteiger partial charge >= 0.3 is 0 Å². The molecule has 1 atom stereocenters. The molecular formula is C15H24N2O2. The molecule has 0 radical (unpaired) electrons. The van der Waals surface area contributed by atoms with Crippen LogP contribution < -0.4 is 15.2 Å². The summed E-state index contributed by atoms with van der Waals surface area (Å²) >= 11 is 0. The average Bonchev–Trinajstić information content (AvgIpc) is 2.39. The highest BCUT2D eigenvalue weighted by molar-refractivity contribution is 5.44. The molecule has 0 amide bonds. The van der Waals surface area contributed by atoms with Gasteiger partial charge in [0.15, 0.2) is 11.5 Å². The highest BCUT2D eigenvalue weighted by Crippen LogP contribution is 2.31. The lowest BCUT2D eigenvalue weighted by atomic mass is 9.99. The molecule has 4 nitrogen and oxygen atoms in total. The Hall–Kier alpha value is -1.26. The quantitative estimate of drug-likeness (QED) is 0.827. The molecule has 0 saturated carbocycles. The van der Waals surface area contributed by atoms with Crippen LogP contribution in [0, 0.1) is 0 Å². The Morgan fingerprint density at radius 2 is 1.79 bits per heavy atom. The summed E-state index contributed by atoms with van der Waals surface area (Å²) in [6.07, 6.45) is 0.797. The average molecular weight is 264 g/mol. The Morgan fingerprint density at radius 1 is 1.16 bits per heavy atom. The van der Waals surface area contributed by atoms with Crippen LogP contribution in [0.2, 0.25) is 0 Å². The Kier molecular flexibility index (Phi) is 4.32. The van der Waals surface area contributed by atoms with Gasteiger partial charge in [0.1, 0.15) is 13.2 Å². The van der Waals surface area contributed by atoms with Crippen LogP contribution in [0.4, 0.5) is 0 Å². The summed E-state index contributed by atoms with van der Waals surface area (Å²) in [5, 5.41) is 0. The first-order valence-corrected chi connectivity index (χ1v) is 6.99. The number of rotatable bonds is 5. The van der Waals surface area contributed by atoms with Crippen molar-refractivity contribution in [1.29, 1.82) is 0 Å². The molecule has 1 heterocycles.